The molecule has 0 spiro atoms. The third-order valence-electron chi connectivity index (χ3n) is 4.09. The summed E-state index contributed by atoms with van der Waals surface area (Å²) in [7, 11) is 0. The standard InChI is InChI=1S/C17H20N4O/c1-12-7-8-15-13(9-12)11-21(14-5-3-2-4-6-14)16(15)10-19-20-17(18)22/h2-6,10-12H,7-9H2,1H3,(H3,18,20,22)/b19-10+. The van der Waals surface area contributed by atoms with E-state index in [1.54, 1.807) is 6.21 Å². The molecule has 1 unspecified atom stereocenters. The molecule has 3 N–H and O–H groups in total. The van der Waals surface area contributed by atoms with E-state index in [0.29, 0.717) is 5.92 Å². The third kappa shape index (κ3) is 2.88. The summed E-state index contributed by atoms with van der Waals surface area (Å²) < 4.78 is 2.13. The number of aromatic nitrogens is 1. The number of para-hydroxylation sites is 1. The van der Waals surface area contributed by atoms with Gasteiger partial charge in [-0.25, -0.2) is 10.2 Å². The molecule has 2 amide bonds. The molecule has 3 rings (SSSR count). The molecule has 0 aliphatic heterocycles. The van der Waals surface area contributed by atoms with Crippen molar-refractivity contribution in [2.75, 3.05) is 0 Å². The molecule has 5 nitrogen and oxygen atoms in total. The van der Waals surface area contributed by atoms with Crippen LogP contribution in [0, 0.1) is 5.92 Å². The highest BCUT2D eigenvalue weighted by Gasteiger charge is 2.21. The van der Waals surface area contributed by atoms with Crippen LogP contribution >= 0.6 is 0 Å². The Labute approximate surface area is 129 Å². The minimum absolute atomic E-state index is 0.656. The molecular weight excluding hydrogens is 276 g/mol. The summed E-state index contributed by atoms with van der Waals surface area (Å²) in [6.07, 6.45) is 7.17. The van der Waals surface area contributed by atoms with Gasteiger partial charge in [-0.3, -0.25) is 0 Å². The van der Waals surface area contributed by atoms with Crippen LogP contribution in [-0.2, 0) is 12.8 Å². The van der Waals surface area contributed by atoms with Gasteiger partial charge < -0.3 is 10.3 Å². The van der Waals surface area contributed by atoms with Crippen LogP contribution < -0.4 is 11.2 Å². The summed E-state index contributed by atoms with van der Waals surface area (Å²) in [6, 6.07) is 9.49. The van der Waals surface area contributed by atoms with Crippen molar-refractivity contribution in [3.8, 4) is 5.69 Å². The fraction of sp³-hybridized carbons (Fsp3) is 0.294. The Morgan fingerprint density at radius 2 is 2.18 bits per heavy atom. The van der Waals surface area contributed by atoms with Gasteiger partial charge in [0.2, 0.25) is 0 Å². The Hall–Kier alpha value is -2.56. The Balaban J connectivity index is 2.04. The van der Waals surface area contributed by atoms with Crippen LogP contribution in [0.2, 0.25) is 0 Å². The number of primary amides is 1. The minimum atomic E-state index is -0.656. The summed E-state index contributed by atoms with van der Waals surface area (Å²) in [5, 5.41) is 3.96. The highest BCUT2D eigenvalue weighted by molar-refractivity contribution is 5.83. The number of benzene rings is 1. The molecule has 0 saturated heterocycles. The number of carbonyl (C=O) groups excluding carboxylic acids is 1. The molecule has 114 valence electrons. The average molecular weight is 296 g/mol. The molecule has 22 heavy (non-hydrogen) atoms. The minimum Gasteiger partial charge on any atom is -0.350 e. The number of nitrogens with zero attached hydrogens (tertiary/aromatic N) is 2. The SMILES string of the molecule is CC1CCc2c(cn(-c3ccccc3)c2/C=N/NC(N)=O)C1. The second-order valence-electron chi connectivity index (χ2n) is 5.81. The van der Waals surface area contributed by atoms with E-state index in [-0.39, 0.29) is 0 Å². The maximum atomic E-state index is 10.8. The number of carbonyl (C=O) groups is 1. The molecule has 1 aliphatic rings. The first-order chi connectivity index (χ1) is 10.6. The smallest absolute Gasteiger partial charge is 0.332 e. The van der Waals surface area contributed by atoms with E-state index in [1.807, 2.05) is 18.2 Å². The number of hydrazone groups is 1. The third-order valence-corrected chi connectivity index (χ3v) is 4.09. The van der Waals surface area contributed by atoms with Crippen LogP contribution in [0.1, 0.15) is 30.2 Å². The molecular formula is C17H20N4O. The van der Waals surface area contributed by atoms with Gasteiger partial charge >= 0.3 is 6.03 Å². The second kappa shape index (κ2) is 6.05. The number of amides is 2. The fourth-order valence-corrected chi connectivity index (χ4v) is 3.05. The summed E-state index contributed by atoms with van der Waals surface area (Å²) in [5.74, 6) is 0.702. The van der Waals surface area contributed by atoms with Crippen LogP contribution in [0.4, 0.5) is 4.79 Å². The van der Waals surface area contributed by atoms with Crippen molar-refractivity contribution in [3.05, 3.63) is 53.3 Å². The second-order valence-corrected chi connectivity index (χ2v) is 5.81. The average Bonchev–Trinajstić information content (AvgIpc) is 2.86. The lowest BCUT2D eigenvalue weighted by Crippen LogP contribution is -2.24. The van der Waals surface area contributed by atoms with Crippen molar-refractivity contribution in [1.29, 1.82) is 0 Å². The van der Waals surface area contributed by atoms with Crippen LogP contribution in [0.15, 0.2) is 41.6 Å². The largest absolute Gasteiger partial charge is 0.350 e. The van der Waals surface area contributed by atoms with Gasteiger partial charge in [-0.2, -0.15) is 5.10 Å². The van der Waals surface area contributed by atoms with Crippen molar-refractivity contribution in [2.24, 2.45) is 16.8 Å². The lowest BCUT2D eigenvalue weighted by molar-refractivity contribution is 0.249. The normalized spacial score (nSPS) is 17.4. The molecule has 1 aromatic carbocycles. The maximum Gasteiger partial charge on any atom is 0.332 e. The summed E-state index contributed by atoms with van der Waals surface area (Å²) >= 11 is 0. The van der Waals surface area contributed by atoms with Crippen molar-refractivity contribution in [2.45, 2.75) is 26.2 Å². The molecule has 1 aliphatic carbocycles. The van der Waals surface area contributed by atoms with Crippen molar-refractivity contribution < 1.29 is 4.79 Å². The topological polar surface area (TPSA) is 72.4 Å². The fourth-order valence-electron chi connectivity index (χ4n) is 3.05. The number of urea groups is 1. The predicted molar refractivity (Wildman–Crippen MR) is 87.3 cm³/mol. The van der Waals surface area contributed by atoms with E-state index in [4.69, 9.17) is 5.73 Å². The quantitative estimate of drug-likeness (QED) is 0.663. The lowest BCUT2D eigenvalue weighted by atomic mass is 9.86. The van der Waals surface area contributed by atoms with Gasteiger partial charge in [0.1, 0.15) is 0 Å². The number of rotatable bonds is 3. The van der Waals surface area contributed by atoms with Crippen LogP contribution in [-0.4, -0.2) is 16.8 Å². The van der Waals surface area contributed by atoms with Crippen molar-refractivity contribution in [3.63, 3.8) is 0 Å². The molecule has 5 heteroatoms. The first-order valence-electron chi connectivity index (χ1n) is 7.52. The highest BCUT2D eigenvalue weighted by atomic mass is 16.2. The van der Waals surface area contributed by atoms with Crippen molar-refractivity contribution >= 4 is 12.2 Å². The summed E-state index contributed by atoms with van der Waals surface area (Å²) in [6.45, 7) is 2.28. The lowest BCUT2D eigenvalue weighted by Gasteiger charge is -2.18. The van der Waals surface area contributed by atoms with Gasteiger partial charge in [-0.15, -0.1) is 0 Å². The molecule has 2 aromatic rings. The highest BCUT2D eigenvalue weighted by Crippen LogP contribution is 2.30. The van der Waals surface area contributed by atoms with Gasteiger partial charge in [0.15, 0.2) is 0 Å². The van der Waals surface area contributed by atoms with Gasteiger partial charge in [0, 0.05) is 11.9 Å². The molecule has 1 atom stereocenters. The van der Waals surface area contributed by atoms with Gasteiger partial charge in [0.25, 0.3) is 0 Å². The molecule has 1 heterocycles. The monoisotopic (exact) mass is 296 g/mol. The number of fused-ring (bicyclic) bond motifs is 1. The Morgan fingerprint density at radius 1 is 1.41 bits per heavy atom. The zero-order chi connectivity index (χ0) is 15.5. The summed E-state index contributed by atoms with van der Waals surface area (Å²) in [4.78, 5) is 10.8. The zero-order valence-corrected chi connectivity index (χ0v) is 12.6. The Kier molecular flexibility index (Phi) is 3.96. The molecule has 0 bridgehead atoms. The van der Waals surface area contributed by atoms with Crippen molar-refractivity contribution in [1.82, 2.24) is 9.99 Å². The van der Waals surface area contributed by atoms with Crippen LogP contribution in [0.25, 0.3) is 5.69 Å². The van der Waals surface area contributed by atoms with Crippen LogP contribution in [0.5, 0.6) is 0 Å². The van der Waals surface area contributed by atoms with E-state index < -0.39 is 6.03 Å². The van der Waals surface area contributed by atoms with Crippen LogP contribution in [0.3, 0.4) is 0 Å². The van der Waals surface area contributed by atoms with E-state index >= 15 is 0 Å². The van der Waals surface area contributed by atoms with E-state index in [9.17, 15) is 4.79 Å². The molecule has 1 aromatic heterocycles. The number of hydrogen-bond acceptors (Lipinski definition) is 2. The van der Waals surface area contributed by atoms with Gasteiger partial charge in [-0.05, 0) is 48.4 Å². The van der Waals surface area contributed by atoms with Gasteiger partial charge in [0.05, 0.1) is 11.9 Å². The number of hydrogen-bond donors (Lipinski definition) is 2. The van der Waals surface area contributed by atoms with E-state index in [2.05, 4.69) is 40.3 Å². The first-order valence-corrected chi connectivity index (χ1v) is 7.52. The number of nitrogens with one attached hydrogen (secondary N) is 1. The number of nitrogens with two attached hydrogens (primary N) is 1. The molecule has 0 saturated carbocycles. The molecule has 0 radical (unpaired) electrons. The van der Waals surface area contributed by atoms with Gasteiger partial charge in [-0.1, -0.05) is 25.1 Å². The summed E-state index contributed by atoms with van der Waals surface area (Å²) in [5.41, 5.74) is 12.1. The zero-order valence-electron chi connectivity index (χ0n) is 12.6. The molecule has 0 fully saturated rings. The Bertz CT molecular complexity index is 703. The predicted octanol–water partition coefficient (Wildman–Crippen LogP) is 2.60. The van der Waals surface area contributed by atoms with E-state index in [0.717, 1.165) is 24.2 Å². The Morgan fingerprint density at radius 3 is 2.91 bits per heavy atom. The first kappa shape index (κ1) is 14.4. The maximum absolute atomic E-state index is 10.8. The van der Waals surface area contributed by atoms with E-state index in [1.165, 1.54) is 17.5 Å².